The molecule has 0 atom stereocenters. The second kappa shape index (κ2) is 4.04. The van der Waals surface area contributed by atoms with Gasteiger partial charge in [-0.15, -0.1) is 0 Å². The summed E-state index contributed by atoms with van der Waals surface area (Å²) in [4.78, 5) is 10.7. The van der Waals surface area contributed by atoms with Crippen molar-refractivity contribution in [3.63, 3.8) is 0 Å². The van der Waals surface area contributed by atoms with Crippen molar-refractivity contribution in [3.05, 3.63) is 45.6 Å². The van der Waals surface area contributed by atoms with E-state index in [9.17, 15) is 4.79 Å². The quantitative estimate of drug-likeness (QED) is 0.865. The number of hydrogen-bond acceptors (Lipinski definition) is 2. The Morgan fingerprint density at radius 2 is 2.07 bits per heavy atom. The number of thiophene rings is 1. The summed E-state index contributed by atoms with van der Waals surface area (Å²) in [7, 11) is 0. The van der Waals surface area contributed by atoms with E-state index in [1.807, 2.05) is 16.8 Å². The molecule has 1 aromatic carbocycles. The van der Waals surface area contributed by atoms with Gasteiger partial charge in [0.1, 0.15) is 0 Å². The molecule has 0 aliphatic heterocycles. The Morgan fingerprint density at radius 3 is 2.60 bits per heavy atom. The van der Waals surface area contributed by atoms with Crippen LogP contribution in [-0.4, -0.2) is 11.1 Å². The fourth-order valence-electron chi connectivity index (χ4n) is 1.30. The molecule has 4 heteroatoms. The van der Waals surface area contributed by atoms with Gasteiger partial charge in [0.05, 0.1) is 10.6 Å². The predicted octanol–water partition coefficient (Wildman–Crippen LogP) is 3.77. The topological polar surface area (TPSA) is 37.3 Å². The third kappa shape index (κ3) is 2.03. The van der Waals surface area contributed by atoms with Crippen molar-refractivity contribution >= 4 is 28.9 Å². The molecule has 0 saturated heterocycles. The largest absolute Gasteiger partial charge is 0.478 e. The molecule has 76 valence electrons. The van der Waals surface area contributed by atoms with Crippen LogP contribution < -0.4 is 0 Å². The van der Waals surface area contributed by atoms with Crippen LogP contribution in [0.15, 0.2) is 35.0 Å². The number of aromatic carboxylic acids is 1. The van der Waals surface area contributed by atoms with E-state index in [0.29, 0.717) is 0 Å². The van der Waals surface area contributed by atoms with Gasteiger partial charge < -0.3 is 5.11 Å². The molecule has 0 bridgehead atoms. The molecule has 0 saturated carbocycles. The summed E-state index contributed by atoms with van der Waals surface area (Å²) in [6, 6.07) is 6.93. The lowest BCUT2D eigenvalue weighted by Gasteiger charge is -2.02. The average molecular weight is 239 g/mol. The zero-order chi connectivity index (χ0) is 10.8. The second-order valence-electron chi connectivity index (χ2n) is 3.01. The molecule has 1 aromatic heterocycles. The second-order valence-corrected chi connectivity index (χ2v) is 4.20. The van der Waals surface area contributed by atoms with Gasteiger partial charge in [0.25, 0.3) is 0 Å². The molecule has 0 radical (unpaired) electrons. The van der Waals surface area contributed by atoms with E-state index in [4.69, 9.17) is 16.7 Å². The SMILES string of the molecule is O=C(O)c1ccc(-c2ccsc2)cc1Cl. The van der Waals surface area contributed by atoms with E-state index < -0.39 is 5.97 Å². The molecule has 0 amide bonds. The molecule has 0 unspecified atom stereocenters. The smallest absolute Gasteiger partial charge is 0.337 e. The Kier molecular flexibility index (Phi) is 2.75. The Morgan fingerprint density at radius 1 is 1.27 bits per heavy atom. The Bertz CT molecular complexity index is 491. The molecule has 2 aromatic rings. The van der Waals surface area contributed by atoms with Crippen LogP contribution in [0.5, 0.6) is 0 Å². The minimum atomic E-state index is -1.00. The van der Waals surface area contributed by atoms with E-state index in [-0.39, 0.29) is 10.6 Å². The van der Waals surface area contributed by atoms with Gasteiger partial charge >= 0.3 is 5.97 Å². The number of carboxylic acid groups (broad SMARTS) is 1. The summed E-state index contributed by atoms with van der Waals surface area (Å²) in [6.45, 7) is 0. The van der Waals surface area contributed by atoms with Crippen LogP contribution >= 0.6 is 22.9 Å². The number of rotatable bonds is 2. The lowest BCUT2D eigenvalue weighted by atomic mass is 10.1. The van der Waals surface area contributed by atoms with Crippen molar-refractivity contribution in [2.75, 3.05) is 0 Å². The van der Waals surface area contributed by atoms with Gasteiger partial charge in [0.15, 0.2) is 0 Å². The highest BCUT2D eigenvalue weighted by molar-refractivity contribution is 7.08. The van der Waals surface area contributed by atoms with E-state index in [1.54, 1.807) is 23.5 Å². The zero-order valence-corrected chi connectivity index (χ0v) is 9.18. The van der Waals surface area contributed by atoms with Crippen molar-refractivity contribution < 1.29 is 9.90 Å². The van der Waals surface area contributed by atoms with Crippen LogP contribution in [0.4, 0.5) is 0 Å². The number of benzene rings is 1. The van der Waals surface area contributed by atoms with E-state index >= 15 is 0 Å². The molecule has 0 fully saturated rings. The number of carboxylic acids is 1. The number of carbonyl (C=O) groups is 1. The third-order valence-electron chi connectivity index (χ3n) is 2.05. The first-order chi connectivity index (χ1) is 7.18. The highest BCUT2D eigenvalue weighted by Crippen LogP contribution is 2.27. The van der Waals surface area contributed by atoms with Gasteiger partial charge in [0, 0.05) is 0 Å². The molecule has 0 spiro atoms. The van der Waals surface area contributed by atoms with Gasteiger partial charge in [0.2, 0.25) is 0 Å². The van der Waals surface area contributed by atoms with Crippen molar-refractivity contribution in [3.8, 4) is 11.1 Å². The lowest BCUT2D eigenvalue weighted by molar-refractivity contribution is 0.0697. The third-order valence-corrected chi connectivity index (χ3v) is 3.05. The maximum Gasteiger partial charge on any atom is 0.337 e. The first-order valence-corrected chi connectivity index (χ1v) is 5.56. The van der Waals surface area contributed by atoms with Crippen molar-refractivity contribution in [2.24, 2.45) is 0 Å². The van der Waals surface area contributed by atoms with Gasteiger partial charge in [-0.2, -0.15) is 11.3 Å². The molecule has 2 rings (SSSR count). The molecular formula is C11H7ClO2S. The Hall–Kier alpha value is -1.32. The Balaban J connectivity index is 2.47. The van der Waals surface area contributed by atoms with E-state index in [2.05, 4.69) is 0 Å². The summed E-state index contributed by atoms with van der Waals surface area (Å²) in [5.74, 6) is -1.00. The van der Waals surface area contributed by atoms with Crippen molar-refractivity contribution in [2.45, 2.75) is 0 Å². The number of hydrogen-bond donors (Lipinski definition) is 1. The number of halogens is 1. The van der Waals surface area contributed by atoms with Crippen LogP contribution in [0.2, 0.25) is 5.02 Å². The molecule has 0 aliphatic carbocycles. The molecule has 2 nitrogen and oxygen atoms in total. The highest BCUT2D eigenvalue weighted by atomic mass is 35.5. The average Bonchev–Trinajstić information content (AvgIpc) is 2.69. The summed E-state index contributed by atoms with van der Waals surface area (Å²) in [6.07, 6.45) is 0. The summed E-state index contributed by atoms with van der Waals surface area (Å²) in [5, 5.41) is 13.0. The standard InChI is InChI=1S/C11H7ClO2S/c12-10-5-7(8-3-4-15-6-8)1-2-9(10)11(13)14/h1-6H,(H,13,14). The highest BCUT2D eigenvalue weighted by Gasteiger charge is 2.09. The monoisotopic (exact) mass is 238 g/mol. The zero-order valence-electron chi connectivity index (χ0n) is 7.61. The van der Waals surface area contributed by atoms with Crippen LogP contribution in [0.3, 0.4) is 0 Å². The normalized spacial score (nSPS) is 10.2. The summed E-state index contributed by atoms with van der Waals surface area (Å²) < 4.78 is 0. The van der Waals surface area contributed by atoms with E-state index in [0.717, 1.165) is 11.1 Å². The summed E-state index contributed by atoms with van der Waals surface area (Å²) >= 11 is 7.46. The molecular weight excluding hydrogens is 232 g/mol. The van der Waals surface area contributed by atoms with Crippen LogP contribution in [0.1, 0.15) is 10.4 Å². The van der Waals surface area contributed by atoms with Gasteiger partial charge in [-0.1, -0.05) is 17.7 Å². The molecule has 1 heterocycles. The van der Waals surface area contributed by atoms with Gasteiger partial charge in [-0.25, -0.2) is 4.79 Å². The fourth-order valence-corrected chi connectivity index (χ4v) is 2.22. The predicted molar refractivity (Wildman–Crippen MR) is 61.7 cm³/mol. The minimum absolute atomic E-state index is 0.135. The van der Waals surface area contributed by atoms with Crippen LogP contribution in [-0.2, 0) is 0 Å². The van der Waals surface area contributed by atoms with Gasteiger partial charge in [-0.3, -0.25) is 0 Å². The first kappa shape index (κ1) is 10.2. The lowest BCUT2D eigenvalue weighted by Crippen LogP contribution is -1.96. The molecule has 0 aliphatic rings. The maximum atomic E-state index is 10.7. The fraction of sp³-hybridized carbons (Fsp3) is 0. The van der Waals surface area contributed by atoms with Crippen LogP contribution in [0, 0.1) is 0 Å². The van der Waals surface area contributed by atoms with E-state index in [1.165, 1.54) is 6.07 Å². The van der Waals surface area contributed by atoms with Crippen LogP contribution in [0.25, 0.3) is 11.1 Å². The van der Waals surface area contributed by atoms with Crippen molar-refractivity contribution in [1.29, 1.82) is 0 Å². The first-order valence-electron chi connectivity index (χ1n) is 4.24. The Labute approximate surface area is 95.8 Å². The van der Waals surface area contributed by atoms with Gasteiger partial charge in [-0.05, 0) is 40.1 Å². The molecule has 1 N–H and O–H groups in total. The molecule has 15 heavy (non-hydrogen) atoms. The van der Waals surface area contributed by atoms with Crippen molar-refractivity contribution in [1.82, 2.24) is 0 Å². The maximum absolute atomic E-state index is 10.7. The minimum Gasteiger partial charge on any atom is -0.478 e. The summed E-state index contributed by atoms with van der Waals surface area (Å²) in [5.41, 5.74) is 2.13.